The Balaban J connectivity index is 1.08. The molecule has 0 N–H and O–H groups in total. The maximum Gasteiger partial charge on any atom is 0.137 e. The number of rotatable bonds is 6. The molecule has 10 aromatic rings. The molecule has 0 atom stereocenters. The fourth-order valence-electron chi connectivity index (χ4n) is 7.59. The molecule has 0 aliphatic carbocycles. The van der Waals surface area contributed by atoms with Gasteiger partial charge in [0.05, 0.1) is 5.69 Å². The zero-order chi connectivity index (χ0) is 34.4. The standard InChI is InChI=1S/C50H33NO/c1-2-11-38(12-3-1)45-14-6-8-16-48(45)51(44-28-29-47-46-15-7-9-17-49(46)52-50(47)33-44)43-27-26-37-23-25-41(31-42(37)32-43)36-20-18-35(19-21-36)40-24-22-34-10-4-5-13-39(34)30-40/h1-33H. The van der Waals surface area contributed by atoms with E-state index < -0.39 is 0 Å². The second-order valence-electron chi connectivity index (χ2n) is 13.4. The minimum absolute atomic E-state index is 0.871. The zero-order valence-corrected chi connectivity index (χ0v) is 28.4. The van der Waals surface area contributed by atoms with Crippen LogP contribution in [0.25, 0.3) is 76.9 Å². The molecule has 0 saturated carbocycles. The van der Waals surface area contributed by atoms with Gasteiger partial charge in [-0.1, -0.05) is 146 Å². The van der Waals surface area contributed by atoms with E-state index in [4.69, 9.17) is 4.42 Å². The van der Waals surface area contributed by atoms with Gasteiger partial charge >= 0.3 is 0 Å². The summed E-state index contributed by atoms with van der Waals surface area (Å²) >= 11 is 0. The Morgan fingerprint density at radius 1 is 0.308 bits per heavy atom. The predicted molar refractivity (Wildman–Crippen MR) is 220 cm³/mol. The van der Waals surface area contributed by atoms with Crippen molar-refractivity contribution in [1.82, 2.24) is 0 Å². The highest BCUT2D eigenvalue weighted by Gasteiger charge is 2.19. The first-order chi connectivity index (χ1) is 25.7. The van der Waals surface area contributed by atoms with Gasteiger partial charge in [-0.25, -0.2) is 0 Å². The van der Waals surface area contributed by atoms with Gasteiger partial charge in [0.15, 0.2) is 0 Å². The summed E-state index contributed by atoms with van der Waals surface area (Å²) in [6.07, 6.45) is 0. The monoisotopic (exact) mass is 663 g/mol. The smallest absolute Gasteiger partial charge is 0.137 e. The summed E-state index contributed by atoms with van der Waals surface area (Å²) in [4.78, 5) is 2.36. The van der Waals surface area contributed by atoms with E-state index in [0.29, 0.717) is 0 Å². The molecule has 1 heterocycles. The first-order valence-corrected chi connectivity index (χ1v) is 17.7. The van der Waals surface area contributed by atoms with E-state index in [-0.39, 0.29) is 0 Å². The molecule has 0 unspecified atom stereocenters. The van der Waals surface area contributed by atoms with Gasteiger partial charge in [-0.3, -0.25) is 0 Å². The molecule has 0 bridgehead atoms. The number of fused-ring (bicyclic) bond motifs is 5. The normalized spacial score (nSPS) is 11.5. The quantitative estimate of drug-likeness (QED) is 0.176. The van der Waals surface area contributed by atoms with Crippen molar-refractivity contribution in [3.63, 3.8) is 0 Å². The van der Waals surface area contributed by atoms with Gasteiger partial charge in [0.2, 0.25) is 0 Å². The minimum atomic E-state index is 0.871. The molecule has 2 heteroatoms. The van der Waals surface area contributed by atoms with Gasteiger partial charge < -0.3 is 9.32 Å². The minimum Gasteiger partial charge on any atom is -0.456 e. The maximum atomic E-state index is 6.39. The molecule has 10 rings (SSSR count). The first-order valence-electron chi connectivity index (χ1n) is 17.7. The summed E-state index contributed by atoms with van der Waals surface area (Å²) in [5.74, 6) is 0. The Hall–Kier alpha value is -6.90. The number of nitrogens with zero attached hydrogens (tertiary/aromatic N) is 1. The average molecular weight is 664 g/mol. The number of hydrogen-bond acceptors (Lipinski definition) is 2. The predicted octanol–water partition coefficient (Wildman–Crippen LogP) is 14.4. The van der Waals surface area contributed by atoms with E-state index >= 15 is 0 Å². The van der Waals surface area contributed by atoms with E-state index in [1.807, 2.05) is 12.1 Å². The van der Waals surface area contributed by atoms with Crippen molar-refractivity contribution in [2.75, 3.05) is 4.90 Å². The molecular weight excluding hydrogens is 631 g/mol. The topological polar surface area (TPSA) is 16.4 Å². The van der Waals surface area contributed by atoms with Crippen molar-refractivity contribution in [2.24, 2.45) is 0 Å². The average Bonchev–Trinajstić information content (AvgIpc) is 3.59. The van der Waals surface area contributed by atoms with Gasteiger partial charge in [0.1, 0.15) is 11.2 Å². The zero-order valence-electron chi connectivity index (χ0n) is 28.4. The summed E-state index contributed by atoms with van der Waals surface area (Å²) in [5.41, 5.74) is 12.1. The van der Waals surface area contributed by atoms with E-state index in [2.05, 4.69) is 193 Å². The lowest BCUT2D eigenvalue weighted by atomic mass is 9.97. The summed E-state index contributed by atoms with van der Waals surface area (Å²) in [6, 6.07) is 71.8. The lowest BCUT2D eigenvalue weighted by Crippen LogP contribution is -2.11. The summed E-state index contributed by atoms with van der Waals surface area (Å²) in [7, 11) is 0. The lowest BCUT2D eigenvalue weighted by molar-refractivity contribution is 0.669. The van der Waals surface area contributed by atoms with Crippen LogP contribution in [0.2, 0.25) is 0 Å². The SMILES string of the molecule is c1ccc(-c2ccccc2N(c2ccc3ccc(-c4ccc(-c5ccc6ccccc6c5)cc4)cc3c2)c2ccc3c(c2)oc2ccccc23)cc1. The van der Waals surface area contributed by atoms with Crippen LogP contribution in [-0.4, -0.2) is 0 Å². The molecule has 0 aliphatic rings. The fourth-order valence-corrected chi connectivity index (χ4v) is 7.59. The van der Waals surface area contributed by atoms with Gasteiger partial charge in [0.25, 0.3) is 0 Å². The third-order valence-electron chi connectivity index (χ3n) is 10.2. The molecule has 0 aliphatic heterocycles. The molecular formula is C50H33NO. The molecule has 0 spiro atoms. The molecule has 52 heavy (non-hydrogen) atoms. The molecule has 9 aromatic carbocycles. The van der Waals surface area contributed by atoms with Crippen LogP contribution >= 0.6 is 0 Å². The van der Waals surface area contributed by atoms with Crippen molar-refractivity contribution in [2.45, 2.75) is 0 Å². The number of benzene rings is 9. The van der Waals surface area contributed by atoms with Crippen LogP contribution in [0.1, 0.15) is 0 Å². The van der Waals surface area contributed by atoms with Crippen LogP contribution in [0.3, 0.4) is 0 Å². The Bertz CT molecular complexity index is 2900. The summed E-state index contributed by atoms with van der Waals surface area (Å²) in [5, 5.41) is 7.14. The van der Waals surface area contributed by atoms with Crippen LogP contribution in [0.4, 0.5) is 17.1 Å². The Morgan fingerprint density at radius 3 is 1.67 bits per heavy atom. The second-order valence-corrected chi connectivity index (χ2v) is 13.4. The van der Waals surface area contributed by atoms with Crippen molar-refractivity contribution in [3.05, 3.63) is 200 Å². The van der Waals surface area contributed by atoms with Crippen LogP contribution < -0.4 is 4.90 Å². The molecule has 0 fully saturated rings. The van der Waals surface area contributed by atoms with Crippen LogP contribution in [0.15, 0.2) is 205 Å². The van der Waals surface area contributed by atoms with Crippen molar-refractivity contribution < 1.29 is 4.42 Å². The van der Waals surface area contributed by atoms with Crippen molar-refractivity contribution in [3.8, 4) is 33.4 Å². The number of para-hydroxylation sites is 2. The largest absolute Gasteiger partial charge is 0.456 e. The van der Waals surface area contributed by atoms with E-state index in [9.17, 15) is 0 Å². The molecule has 0 saturated heterocycles. The van der Waals surface area contributed by atoms with Crippen LogP contribution in [0, 0.1) is 0 Å². The van der Waals surface area contributed by atoms with Gasteiger partial charge in [-0.2, -0.15) is 0 Å². The number of hydrogen-bond donors (Lipinski definition) is 0. The summed E-state index contributed by atoms with van der Waals surface area (Å²) < 4.78 is 6.39. The number of anilines is 3. The second kappa shape index (κ2) is 12.5. The Morgan fingerprint density at radius 2 is 0.865 bits per heavy atom. The third-order valence-corrected chi connectivity index (χ3v) is 10.2. The molecule has 244 valence electrons. The van der Waals surface area contributed by atoms with Crippen LogP contribution in [0.5, 0.6) is 0 Å². The van der Waals surface area contributed by atoms with Gasteiger partial charge in [-0.15, -0.1) is 0 Å². The van der Waals surface area contributed by atoms with E-state index in [1.165, 1.54) is 49.4 Å². The number of furan rings is 1. The highest BCUT2D eigenvalue weighted by Crippen LogP contribution is 2.43. The highest BCUT2D eigenvalue weighted by atomic mass is 16.3. The summed E-state index contributed by atoms with van der Waals surface area (Å²) in [6.45, 7) is 0. The first kappa shape index (κ1) is 30.0. The van der Waals surface area contributed by atoms with Gasteiger partial charge in [-0.05, 0) is 97.9 Å². The maximum absolute atomic E-state index is 6.39. The van der Waals surface area contributed by atoms with Crippen LogP contribution in [-0.2, 0) is 0 Å². The van der Waals surface area contributed by atoms with E-state index in [0.717, 1.165) is 44.6 Å². The fraction of sp³-hybridized carbons (Fsp3) is 0. The lowest BCUT2D eigenvalue weighted by Gasteiger charge is -2.28. The molecule has 2 nitrogen and oxygen atoms in total. The third kappa shape index (κ3) is 5.30. The van der Waals surface area contributed by atoms with Crippen molar-refractivity contribution in [1.29, 1.82) is 0 Å². The highest BCUT2D eigenvalue weighted by molar-refractivity contribution is 6.06. The van der Waals surface area contributed by atoms with Crippen molar-refractivity contribution >= 4 is 60.5 Å². The van der Waals surface area contributed by atoms with E-state index in [1.54, 1.807) is 0 Å². The molecule has 0 amide bonds. The Labute approximate surface area is 302 Å². The molecule has 0 radical (unpaired) electrons. The molecule has 1 aromatic heterocycles. The Kier molecular flexibility index (Phi) is 7.18. The van der Waals surface area contributed by atoms with Gasteiger partial charge in [0, 0.05) is 33.8 Å².